The fourth-order valence-electron chi connectivity index (χ4n) is 4.09. The van der Waals surface area contributed by atoms with Crippen LogP contribution in [0.2, 0.25) is 0 Å². The number of ether oxygens (including phenoxy) is 1. The number of fused-ring (bicyclic) bond motifs is 1. The second kappa shape index (κ2) is 10.9. The first kappa shape index (κ1) is 25.4. The summed E-state index contributed by atoms with van der Waals surface area (Å²) in [5.41, 5.74) is 5.20. The van der Waals surface area contributed by atoms with Crippen LogP contribution in [0.15, 0.2) is 60.9 Å². The predicted octanol–water partition coefficient (Wildman–Crippen LogP) is 5.42. The second-order valence-electron chi connectivity index (χ2n) is 9.74. The summed E-state index contributed by atoms with van der Waals surface area (Å²) in [6, 6.07) is 15.8. The molecule has 4 aromatic rings. The first-order chi connectivity index (χ1) is 17.2. The van der Waals surface area contributed by atoms with E-state index in [1.807, 2.05) is 87.5 Å². The van der Waals surface area contributed by atoms with Crippen molar-refractivity contribution in [1.82, 2.24) is 25.0 Å². The number of nitrogens with zero attached hydrogens (tertiary/aromatic N) is 4. The molecule has 7 heteroatoms. The molecule has 0 aliphatic heterocycles. The zero-order valence-electron chi connectivity index (χ0n) is 21.9. The maximum absolute atomic E-state index is 13.3. The fourth-order valence-corrected chi connectivity index (χ4v) is 4.09. The molecule has 2 heterocycles. The van der Waals surface area contributed by atoms with Gasteiger partial charge < -0.3 is 15.0 Å². The molecule has 1 amide bonds. The van der Waals surface area contributed by atoms with Crippen molar-refractivity contribution in [1.29, 1.82) is 0 Å². The Balaban J connectivity index is 1.61. The molecule has 1 atom stereocenters. The monoisotopic (exact) mass is 485 g/mol. The van der Waals surface area contributed by atoms with E-state index in [2.05, 4.69) is 35.2 Å². The van der Waals surface area contributed by atoms with Crippen molar-refractivity contribution < 1.29 is 9.53 Å². The van der Waals surface area contributed by atoms with Crippen molar-refractivity contribution in [2.75, 3.05) is 27.2 Å². The van der Waals surface area contributed by atoms with Gasteiger partial charge in [-0.3, -0.25) is 9.48 Å². The van der Waals surface area contributed by atoms with Gasteiger partial charge in [0.1, 0.15) is 12.4 Å². The van der Waals surface area contributed by atoms with Crippen LogP contribution in [-0.4, -0.2) is 52.8 Å². The van der Waals surface area contributed by atoms with Gasteiger partial charge >= 0.3 is 0 Å². The molecule has 0 fully saturated rings. The van der Waals surface area contributed by atoms with Gasteiger partial charge in [-0.05, 0) is 77.2 Å². The Kier molecular flexibility index (Phi) is 7.70. The van der Waals surface area contributed by atoms with Crippen molar-refractivity contribution in [3.8, 4) is 17.0 Å². The lowest BCUT2D eigenvalue weighted by atomic mass is 9.99. The summed E-state index contributed by atoms with van der Waals surface area (Å²) in [7, 11) is 4.01. The molecule has 0 aliphatic rings. The third-order valence-electron chi connectivity index (χ3n) is 6.25. The average Bonchev–Trinajstić information content (AvgIpc) is 3.35. The van der Waals surface area contributed by atoms with Crippen LogP contribution >= 0.6 is 0 Å². The molecule has 0 saturated heterocycles. The van der Waals surface area contributed by atoms with E-state index in [0.717, 1.165) is 39.8 Å². The highest BCUT2D eigenvalue weighted by molar-refractivity contribution is 5.96. The smallest absolute Gasteiger partial charge is 0.252 e. The number of hydrogen-bond acceptors (Lipinski definition) is 5. The number of carbonyl (C=O) groups excluding carboxylic acids is 1. The van der Waals surface area contributed by atoms with Crippen LogP contribution in [0.5, 0.6) is 5.75 Å². The number of pyridine rings is 1. The lowest BCUT2D eigenvalue weighted by molar-refractivity contribution is 0.0939. The van der Waals surface area contributed by atoms with Crippen molar-refractivity contribution in [2.24, 2.45) is 0 Å². The maximum Gasteiger partial charge on any atom is 0.252 e. The van der Waals surface area contributed by atoms with Gasteiger partial charge in [0.25, 0.3) is 5.91 Å². The van der Waals surface area contributed by atoms with Crippen LogP contribution in [0.1, 0.15) is 54.3 Å². The zero-order valence-corrected chi connectivity index (χ0v) is 21.9. The summed E-state index contributed by atoms with van der Waals surface area (Å²) in [5, 5.41) is 8.69. The minimum absolute atomic E-state index is 0.131. The van der Waals surface area contributed by atoms with Gasteiger partial charge in [0.2, 0.25) is 0 Å². The molecule has 2 aromatic heterocycles. The van der Waals surface area contributed by atoms with Crippen molar-refractivity contribution >= 4 is 16.8 Å². The Labute approximate surface area is 213 Å². The van der Waals surface area contributed by atoms with Gasteiger partial charge in [0, 0.05) is 35.3 Å². The number of rotatable bonds is 9. The van der Waals surface area contributed by atoms with Gasteiger partial charge in [0.05, 0.1) is 23.4 Å². The number of aryl methyl sites for hydroxylation is 1. The molecule has 2 aromatic carbocycles. The summed E-state index contributed by atoms with van der Waals surface area (Å²) >= 11 is 0. The molecule has 0 spiro atoms. The Morgan fingerprint density at radius 3 is 2.61 bits per heavy atom. The Morgan fingerprint density at radius 1 is 1.11 bits per heavy atom. The molecule has 36 heavy (non-hydrogen) atoms. The minimum Gasteiger partial charge on any atom is -0.492 e. The lowest BCUT2D eigenvalue weighted by Crippen LogP contribution is -2.27. The van der Waals surface area contributed by atoms with Crippen LogP contribution < -0.4 is 10.1 Å². The van der Waals surface area contributed by atoms with Gasteiger partial charge in [-0.15, -0.1) is 0 Å². The summed E-state index contributed by atoms with van der Waals surface area (Å²) in [5.74, 6) is 0.562. The van der Waals surface area contributed by atoms with Crippen LogP contribution in [0.25, 0.3) is 22.2 Å². The largest absolute Gasteiger partial charge is 0.492 e. The van der Waals surface area contributed by atoms with E-state index >= 15 is 0 Å². The number of benzene rings is 2. The number of likely N-dealkylation sites (N-methyl/N-ethyl adjacent to an activating group) is 1. The molecule has 0 aliphatic carbocycles. The van der Waals surface area contributed by atoms with E-state index in [1.165, 1.54) is 0 Å². The van der Waals surface area contributed by atoms with Crippen LogP contribution in [-0.2, 0) is 0 Å². The van der Waals surface area contributed by atoms with Crippen molar-refractivity contribution in [3.63, 3.8) is 0 Å². The third kappa shape index (κ3) is 5.74. The Hall–Kier alpha value is -3.71. The molecular formula is C29H35N5O2. The normalized spacial score (nSPS) is 12.3. The lowest BCUT2D eigenvalue weighted by Gasteiger charge is -2.19. The molecule has 188 valence electrons. The summed E-state index contributed by atoms with van der Waals surface area (Å²) < 4.78 is 7.78. The number of nitrogens with one attached hydrogen (secondary N) is 1. The van der Waals surface area contributed by atoms with Gasteiger partial charge in [0.15, 0.2) is 0 Å². The summed E-state index contributed by atoms with van der Waals surface area (Å²) in [6.07, 6.45) is 3.86. The highest BCUT2D eigenvalue weighted by Crippen LogP contribution is 2.29. The van der Waals surface area contributed by atoms with Crippen molar-refractivity contribution in [3.05, 3.63) is 77.6 Å². The summed E-state index contributed by atoms with van der Waals surface area (Å²) in [6.45, 7) is 9.51. The quantitative estimate of drug-likeness (QED) is 0.343. The molecule has 0 radical (unpaired) electrons. The van der Waals surface area contributed by atoms with E-state index in [9.17, 15) is 4.79 Å². The molecule has 0 bridgehead atoms. The molecule has 1 N–H and O–H groups in total. The number of amides is 1. The van der Waals surface area contributed by atoms with Crippen LogP contribution in [0, 0.1) is 6.92 Å². The van der Waals surface area contributed by atoms with Gasteiger partial charge in [-0.2, -0.15) is 5.10 Å². The minimum atomic E-state index is -0.234. The Bertz CT molecular complexity index is 1360. The Morgan fingerprint density at radius 2 is 1.89 bits per heavy atom. The summed E-state index contributed by atoms with van der Waals surface area (Å²) in [4.78, 5) is 20.3. The van der Waals surface area contributed by atoms with E-state index < -0.39 is 0 Å². The first-order valence-corrected chi connectivity index (χ1v) is 12.4. The topological polar surface area (TPSA) is 72.3 Å². The fraction of sp³-hybridized carbons (Fsp3) is 0.345. The molecule has 7 nitrogen and oxygen atoms in total. The molecule has 0 unspecified atom stereocenters. The SMILES string of the molecule is Cc1ccc(OCCN(C)C)cc1C(=O)N[C@H](C)c1cc(-c2cnn(C(C)C)c2)nc2ccccc12. The van der Waals surface area contributed by atoms with E-state index in [-0.39, 0.29) is 18.0 Å². The zero-order chi connectivity index (χ0) is 25.8. The second-order valence-corrected chi connectivity index (χ2v) is 9.74. The number of para-hydroxylation sites is 1. The number of carbonyl (C=O) groups is 1. The van der Waals surface area contributed by atoms with Gasteiger partial charge in [-0.25, -0.2) is 4.98 Å². The third-order valence-corrected chi connectivity index (χ3v) is 6.25. The van der Waals surface area contributed by atoms with Crippen LogP contribution in [0.3, 0.4) is 0 Å². The highest BCUT2D eigenvalue weighted by Gasteiger charge is 2.18. The van der Waals surface area contributed by atoms with Crippen molar-refractivity contribution in [2.45, 2.75) is 39.8 Å². The number of aromatic nitrogens is 3. The first-order valence-electron chi connectivity index (χ1n) is 12.4. The van der Waals surface area contributed by atoms with E-state index in [0.29, 0.717) is 17.9 Å². The van der Waals surface area contributed by atoms with Gasteiger partial charge in [-0.1, -0.05) is 24.3 Å². The van der Waals surface area contributed by atoms with Crippen LogP contribution in [0.4, 0.5) is 0 Å². The number of hydrogen-bond donors (Lipinski definition) is 1. The van der Waals surface area contributed by atoms with E-state index in [4.69, 9.17) is 9.72 Å². The predicted molar refractivity (Wildman–Crippen MR) is 144 cm³/mol. The average molecular weight is 486 g/mol. The molecular weight excluding hydrogens is 450 g/mol. The highest BCUT2D eigenvalue weighted by atomic mass is 16.5. The van der Waals surface area contributed by atoms with E-state index in [1.54, 1.807) is 0 Å². The standard InChI is InChI=1S/C29H35N5O2/c1-19(2)34-18-22(17-30-34)28-16-26(24-9-7-8-10-27(24)32-28)21(4)31-29(35)25-15-23(12-11-20(25)3)36-14-13-33(5)6/h7-12,15-19,21H,13-14H2,1-6H3,(H,31,35)/t21-/m1/s1. The maximum atomic E-state index is 13.3. The molecule has 0 saturated carbocycles. The molecule has 4 rings (SSSR count).